The summed E-state index contributed by atoms with van der Waals surface area (Å²) in [5.74, 6) is 0. The minimum Gasteiger partial charge on any atom is -0.245 e. The molecule has 0 unspecified atom stereocenters. The molecule has 0 atom stereocenters. The molecule has 9 aromatic rings. The van der Waals surface area contributed by atoms with Gasteiger partial charge < -0.3 is 0 Å². The lowest BCUT2D eigenvalue weighted by Crippen LogP contribution is -2.01. The average molecular weight is 721 g/mol. The van der Waals surface area contributed by atoms with Gasteiger partial charge >= 0.3 is 0 Å². The van der Waals surface area contributed by atoms with Gasteiger partial charge in [-0.1, -0.05) is 146 Å². The molecular weight excluding hydrogens is 677 g/mol. The van der Waals surface area contributed by atoms with Gasteiger partial charge in [-0.05, 0) is 132 Å². The third kappa shape index (κ3) is 5.99. The topological polar surface area (TPSA) is 25.8 Å². The van der Waals surface area contributed by atoms with Crippen molar-refractivity contribution < 1.29 is 0 Å². The van der Waals surface area contributed by atoms with Crippen LogP contribution in [0.3, 0.4) is 0 Å². The molecule has 0 saturated heterocycles. The smallest absolute Gasteiger partial charge is 0.0978 e. The van der Waals surface area contributed by atoms with E-state index in [1.165, 1.54) is 66.8 Å². The van der Waals surface area contributed by atoms with Crippen molar-refractivity contribution in [2.45, 2.75) is 41.5 Å². The van der Waals surface area contributed by atoms with Crippen LogP contribution in [0.25, 0.3) is 88.8 Å². The predicted octanol–water partition coefficient (Wildman–Crippen LogP) is 14.6. The van der Waals surface area contributed by atoms with Crippen LogP contribution < -0.4 is 0 Å². The first-order chi connectivity index (χ1) is 27.3. The molecule has 2 nitrogen and oxygen atoms in total. The highest BCUT2D eigenvalue weighted by Gasteiger charge is 2.23. The van der Waals surface area contributed by atoms with Crippen molar-refractivity contribution >= 4 is 21.8 Å². The van der Waals surface area contributed by atoms with E-state index >= 15 is 0 Å². The number of pyridine rings is 2. The van der Waals surface area contributed by atoms with E-state index in [9.17, 15) is 0 Å². The van der Waals surface area contributed by atoms with Crippen molar-refractivity contribution in [3.05, 3.63) is 191 Å². The fourth-order valence-electron chi connectivity index (χ4n) is 8.71. The van der Waals surface area contributed by atoms with Crippen molar-refractivity contribution in [3.8, 4) is 67.0 Å². The van der Waals surface area contributed by atoms with Crippen molar-refractivity contribution in [2.24, 2.45) is 0 Å². The fourth-order valence-corrected chi connectivity index (χ4v) is 8.71. The Kier molecular flexibility index (Phi) is 8.90. The van der Waals surface area contributed by atoms with Crippen LogP contribution >= 0.6 is 0 Å². The highest BCUT2D eigenvalue weighted by atomic mass is 14.8. The molecule has 0 saturated carbocycles. The molecule has 0 bridgehead atoms. The number of benzene rings is 7. The van der Waals surface area contributed by atoms with E-state index in [4.69, 9.17) is 9.97 Å². The maximum absolute atomic E-state index is 5.73. The minimum absolute atomic E-state index is 0.902. The lowest BCUT2D eigenvalue weighted by Gasteiger charge is -2.21. The molecule has 2 heteroatoms. The summed E-state index contributed by atoms with van der Waals surface area (Å²) in [6.45, 7) is 13.4. The van der Waals surface area contributed by atoms with Gasteiger partial charge in [0.15, 0.2) is 0 Å². The number of rotatable bonds is 6. The zero-order valence-corrected chi connectivity index (χ0v) is 32.9. The summed E-state index contributed by atoms with van der Waals surface area (Å²) in [5, 5.41) is 2.17. The number of hydrogen-bond donors (Lipinski definition) is 0. The van der Waals surface area contributed by atoms with Crippen LogP contribution in [-0.2, 0) is 0 Å². The van der Waals surface area contributed by atoms with Gasteiger partial charge in [0.1, 0.15) is 0 Å². The summed E-state index contributed by atoms with van der Waals surface area (Å²) in [6, 6.07) is 56.8. The maximum atomic E-state index is 5.73. The van der Waals surface area contributed by atoms with E-state index in [1.807, 2.05) is 0 Å². The van der Waals surface area contributed by atoms with Gasteiger partial charge in [-0.2, -0.15) is 0 Å². The van der Waals surface area contributed by atoms with Crippen molar-refractivity contribution in [1.29, 1.82) is 0 Å². The molecule has 0 amide bonds. The van der Waals surface area contributed by atoms with Gasteiger partial charge in [-0.15, -0.1) is 0 Å². The summed E-state index contributed by atoms with van der Waals surface area (Å²) >= 11 is 0. The zero-order valence-electron chi connectivity index (χ0n) is 32.9. The average Bonchev–Trinajstić information content (AvgIpc) is 3.23. The molecule has 2 aromatic heterocycles. The Labute approximate surface area is 330 Å². The van der Waals surface area contributed by atoms with Gasteiger partial charge in [0.05, 0.1) is 22.4 Å². The molecule has 0 aliphatic rings. The zero-order chi connectivity index (χ0) is 38.5. The van der Waals surface area contributed by atoms with Gasteiger partial charge in [0.25, 0.3) is 0 Å². The van der Waals surface area contributed by atoms with E-state index in [2.05, 4.69) is 199 Å². The third-order valence-corrected chi connectivity index (χ3v) is 11.7. The summed E-state index contributed by atoms with van der Waals surface area (Å²) in [4.78, 5) is 11.5. The standard InChI is InChI=1S/C54H44N2/c1-33-29-35(3)49(41-23-15-9-16-24-41)51(37(33)5)47-31-45(39-19-11-7-12-20-39)43-27-28-44-46(40-21-13-8-14-22-40)32-48(56-54(44)53(43)55-47)52-38(6)34(2)30-36(4)50(52)42-25-17-10-18-26-42/h7-32H,1-6H3. The molecule has 270 valence electrons. The van der Waals surface area contributed by atoms with Gasteiger partial charge in [-0.25, -0.2) is 9.97 Å². The van der Waals surface area contributed by atoms with Crippen LogP contribution in [0.2, 0.25) is 0 Å². The Morgan fingerprint density at radius 1 is 0.304 bits per heavy atom. The van der Waals surface area contributed by atoms with E-state index in [-0.39, 0.29) is 0 Å². The molecule has 0 N–H and O–H groups in total. The Balaban J connectivity index is 1.46. The molecule has 7 aromatic carbocycles. The predicted molar refractivity (Wildman–Crippen MR) is 238 cm³/mol. The summed E-state index contributed by atoms with van der Waals surface area (Å²) < 4.78 is 0. The first-order valence-electron chi connectivity index (χ1n) is 19.5. The molecule has 0 aliphatic heterocycles. The molecule has 0 radical (unpaired) electrons. The Hall–Kier alpha value is -6.64. The second kappa shape index (κ2) is 14.2. The van der Waals surface area contributed by atoms with Crippen molar-refractivity contribution in [2.75, 3.05) is 0 Å². The van der Waals surface area contributed by atoms with Crippen molar-refractivity contribution in [1.82, 2.24) is 9.97 Å². The van der Waals surface area contributed by atoms with Crippen LogP contribution in [0, 0.1) is 41.5 Å². The van der Waals surface area contributed by atoms with Crippen LogP contribution in [-0.4, -0.2) is 9.97 Å². The summed E-state index contributed by atoms with van der Waals surface area (Å²) in [6.07, 6.45) is 0. The van der Waals surface area contributed by atoms with E-state index in [0.29, 0.717) is 0 Å². The van der Waals surface area contributed by atoms with Crippen LogP contribution in [0.15, 0.2) is 158 Å². The molecule has 9 rings (SSSR count). The summed E-state index contributed by atoms with van der Waals surface area (Å²) in [5.41, 5.74) is 22.9. The van der Waals surface area contributed by atoms with E-state index < -0.39 is 0 Å². The largest absolute Gasteiger partial charge is 0.245 e. The van der Waals surface area contributed by atoms with E-state index in [1.54, 1.807) is 0 Å². The Bertz CT molecular complexity index is 2730. The van der Waals surface area contributed by atoms with Gasteiger partial charge in [0.2, 0.25) is 0 Å². The number of nitrogens with zero attached hydrogens (tertiary/aromatic N) is 2. The van der Waals surface area contributed by atoms with Crippen molar-refractivity contribution in [3.63, 3.8) is 0 Å². The molecule has 2 heterocycles. The normalized spacial score (nSPS) is 11.4. The second-order valence-electron chi connectivity index (χ2n) is 15.2. The SMILES string of the molecule is Cc1cc(C)c(-c2ccccc2)c(-c2cc(-c3ccccc3)c3ccc4c(-c5ccccc5)cc(-c5c(C)c(C)cc(C)c5-c5ccccc5)nc4c3n2)c1C. The van der Waals surface area contributed by atoms with Gasteiger partial charge in [-0.3, -0.25) is 0 Å². The molecule has 0 fully saturated rings. The first kappa shape index (κ1) is 35.1. The molecule has 0 aliphatic carbocycles. The van der Waals surface area contributed by atoms with E-state index in [0.717, 1.165) is 55.4 Å². The van der Waals surface area contributed by atoms with Crippen LogP contribution in [0.4, 0.5) is 0 Å². The quantitative estimate of drug-likeness (QED) is 0.160. The maximum Gasteiger partial charge on any atom is 0.0978 e. The highest BCUT2D eigenvalue weighted by Crippen LogP contribution is 2.45. The lowest BCUT2D eigenvalue weighted by atomic mass is 9.85. The first-order valence-corrected chi connectivity index (χ1v) is 19.5. The van der Waals surface area contributed by atoms with Crippen LogP contribution in [0.5, 0.6) is 0 Å². The number of aromatic nitrogens is 2. The van der Waals surface area contributed by atoms with Crippen LogP contribution in [0.1, 0.15) is 33.4 Å². The second-order valence-corrected chi connectivity index (χ2v) is 15.2. The Morgan fingerprint density at radius 2 is 0.625 bits per heavy atom. The fraction of sp³-hybridized carbons (Fsp3) is 0.111. The number of hydrogen-bond acceptors (Lipinski definition) is 2. The highest BCUT2D eigenvalue weighted by molar-refractivity contribution is 6.14. The molecule has 0 spiro atoms. The monoisotopic (exact) mass is 720 g/mol. The lowest BCUT2D eigenvalue weighted by molar-refractivity contribution is 1.27. The molecule has 56 heavy (non-hydrogen) atoms. The number of aryl methyl sites for hydroxylation is 4. The third-order valence-electron chi connectivity index (χ3n) is 11.7. The van der Waals surface area contributed by atoms with Gasteiger partial charge in [0, 0.05) is 21.9 Å². The summed E-state index contributed by atoms with van der Waals surface area (Å²) in [7, 11) is 0. The Morgan fingerprint density at radius 3 is 0.964 bits per heavy atom. The number of fused-ring (bicyclic) bond motifs is 3. The molecular formula is C54H44N2. The minimum atomic E-state index is 0.902.